The van der Waals surface area contributed by atoms with E-state index in [9.17, 15) is 4.79 Å². The van der Waals surface area contributed by atoms with E-state index in [1.165, 1.54) is 11.3 Å². The lowest BCUT2D eigenvalue weighted by Crippen LogP contribution is -2.22. The van der Waals surface area contributed by atoms with Crippen molar-refractivity contribution in [2.75, 3.05) is 0 Å². The highest BCUT2D eigenvalue weighted by molar-refractivity contribution is 7.17. The van der Waals surface area contributed by atoms with Gasteiger partial charge in [0.1, 0.15) is 9.88 Å². The predicted molar refractivity (Wildman–Crippen MR) is 98.9 cm³/mol. The molecule has 1 N–H and O–H groups in total. The lowest BCUT2D eigenvalue weighted by molar-refractivity contribution is 0.0949. The standard InChI is InChI=1S/C17H13N5O2S2/c1-10-14(26-17(20-10)12-4-7-25-9-12)16(23)19-8-13-21-15(22-24-13)11-2-5-18-6-3-11/h2-7,9H,8H2,1H3,(H,19,23). The van der Waals surface area contributed by atoms with Crippen LogP contribution in [0.2, 0.25) is 0 Å². The molecule has 0 unspecified atom stereocenters. The first-order valence-corrected chi connectivity index (χ1v) is 9.48. The van der Waals surface area contributed by atoms with Gasteiger partial charge in [-0.2, -0.15) is 16.3 Å². The number of thiazole rings is 1. The summed E-state index contributed by atoms with van der Waals surface area (Å²) < 4.78 is 5.19. The number of hydrogen-bond acceptors (Lipinski definition) is 8. The third-order valence-corrected chi connectivity index (χ3v) is 5.47. The molecule has 0 saturated heterocycles. The fourth-order valence-electron chi connectivity index (χ4n) is 2.30. The van der Waals surface area contributed by atoms with Crippen LogP contribution in [0.5, 0.6) is 0 Å². The summed E-state index contributed by atoms with van der Waals surface area (Å²) >= 11 is 2.97. The van der Waals surface area contributed by atoms with Crippen molar-refractivity contribution in [1.29, 1.82) is 0 Å². The SMILES string of the molecule is Cc1nc(-c2ccsc2)sc1C(=O)NCc1nc(-c2ccncc2)no1. The van der Waals surface area contributed by atoms with E-state index in [1.807, 2.05) is 23.8 Å². The Hall–Kier alpha value is -2.91. The van der Waals surface area contributed by atoms with Gasteiger partial charge < -0.3 is 9.84 Å². The van der Waals surface area contributed by atoms with Gasteiger partial charge in [0.25, 0.3) is 5.91 Å². The summed E-state index contributed by atoms with van der Waals surface area (Å²) in [5, 5.41) is 11.6. The van der Waals surface area contributed by atoms with E-state index in [2.05, 4.69) is 25.4 Å². The smallest absolute Gasteiger partial charge is 0.263 e. The summed E-state index contributed by atoms with van der Waals surface area (Å²) in [4.78, 5) is 25.8. The molecule has 0 atom stereocenters. The monoisotopic (exact) mass is 383 g/mol. The molecular weight excluding hydrogens is 370 g/mol. The lowest BCUT2D eigenvalue weighted by atomic mass is 10.2. The van der Waals surface area contributed by atoms with Crippen LogP contribution in [-0.4, -0.2) is 26.0 Å². The van der Waals surface area contributed by atoms with E-state index in [1.54, 1.807) is 35.9 Å². The second-order valence-corrected chi connectivity index (χ2v) is 7.15. The summed E-state index contributed by atoms with van der Waals surface area (Å²) in [7, 11) is 0. The van der Waals surface area contributed by atoms with E-state index in [0.29, 0.717) is 22.3 Å². The molecule has 130 valence electrons. The van der Waals surface area contributed by atoms with Crippen molar-refractivity contribution in [2.24, 2.45) is 0 Å². The van der Waals surface area contributed by atoms with E-state index >= 15 is 0 Å². The maximum absolute atomic E-state index is 12.5. The molecular formula is C17H13N5O2S2. The molecule has 0 aliphatic rings. The molecule has 0 spiro atoms. The van der Waals surface area contributed by atoms with Crippen molar-refractivity contribution in [2.45, 2.75) is 13.5 Å². The first-order valence-electron chi connectivity index (χ1n) is 7.72. The Balaban J connectivity index is 1.44. The number of carbonyl (C=O) groups excluding carboxylic acids is 1. The Morgan fingerprint density at radius 1 is 1.19 bits per heavy atom. The molecule has 4 heterocycles. The predicted octanol–water partition coefficient (Wildman–Crippen LogP) is 3.56. The molecule has 0 fully saturated rings. The first kappa shape index (κ1) is 16.6. The zero-order valence-corrected chi connectivity index (χ0v) is 15.3. The summed E-state index contributed by atoms with van der Waals surface area (Å²) in [6.07, 6.45) is 3.32. The molecule has 1 amide bonds. The highest BCUT2D eigenvalue weighted by Crippen LogP contribution is 2.29. The summed E-state index contributed by atoms with van der Waals surface area (Å²) in [5.41, 5.74) is 2.54. The molecule has 0 aliphatic carbocycles. The number of aromatic nitrogens is 4. The first-order chi connectivity index (χ1) is 12.7. The van der Waals surface area contributed by atoms with Crippen molar-refractivity contribution in [3.8, 4) is 22.0 Å². The van der Waals surface area contributed by atoms with E-state index < -0.39 is 0 Å². The number of aryl methyl sites for hydroxylation is 1. The largest absolute Gasteiger partial charge is 0.342 e. The molecule has 4 aromatic heterocycles. The summed E-state index contributed by atoms with van der Waals surface area (Å²) in [6, 6.07) is 5.57. The topological polar surface area (TPSA) is 93.8 Å². The van der Waals surface area contributed by atoms with Crippen molar-refractivity contribution in [3.05, 3.63) is 57.8 Å². The minimum absolute atomic E-state index is 0.155. The van der Waals surface area contributed by atoms with Crippen LogP contribution in [0.4, 0.5) is 0 Å². The molecule has 0 aliphatic heterocycles. The van der Waals surface area contributed by atoms with Gasteiger partial charge in [-0.15, -0.1) is 11.3 Å². The minimum atomic E-state index is -0.204. The third kappa shape index (κ3) is 3.39. The van der Waals surface area contributed by atoms with Crippen LogP contribution in [-0.2, 0) is 6.54 Å². The number of rotatable bonds is 5. The molecule has 0 saturated carbocycles. The van der Waals surface area contributed by atoms with Gasteiger partial charge in [-0.05, 0) is 30.5 Å². The van der Waals surface area contributed by atoms with Crippen molar-refractivity contribution >= 4 is 28.6 Å². The lowest BCUT2D eigenvalue weighted by Gasteiger charge is -1.99. The zero-order valence-electron chi connectivity index (χ0n) is 13.7. The van der Waals surface area contributed by atoms with Crippen LogP contribution >= 0.6 is 22.7 Å². The van der Waals surface area contributed by atoms with Crippen LogP contribution in [0.1, 0.15) is 21.3 Å². The summed E-state index contributed by atoms with van der Waals surface area (Å²) in [6.45, 7) is 1.98. The average Bonchev–Trinajstić information content (AvgIpc) is 3.41. The van der Waals surface area contributed by atoms with Crippen LogP contribution in [0, 0.1) is 6.92 Å². The maximum atomic E-state index is 12.5. The highest BCUT2D eigenvalue weighted by Gasteiger charge is 2.17. The Morgan fingerprint density at radius 2 is 2.04 bits per heavy atom. The Bertz CT molecular complexity index is 1020. The molecule has 0 aromatic carbocycles. The van der Waals surface area contributed by atoms with Crippen LogP contribution < -0.4 is 5.32 Å². The van der Waals surface area contributed by atoms with Gasteiger partial charge in [0, 0.05) is 28.9 Å². The van der Waals surface area contributed by atoms with Gasteiger partial charge in [-0.25, -0.2) is 4.98 Å². The van der Waals surface area contributed by atoms with Crippen LogP contribution in [0.15, 0.2) is 45.9 Å². The molecule has 4 aromatic rings. The van der Waals surface area contributed by atoms with E-state index in [-0.39, 0.29) is 12.5 Å². The molecule has 0 bridgehead atoms. The number of nitrogens with one attached hydrogen (secondary N) is 1. The van der Waals surface area contributed by atoms with Crippen LogP contribution in [0.25, 0.3) is 22.0 Å². The Morgan fingerprint density at radius 3 is 2.81 bits per heavy atom. The quantitative estimate of drug-likeness (QED) is 0.566. The van der Waals surface area contributed by atoms with Gasteiger partial charge in [0.05, 0.1) is 12.2 Å². The van der Waals surface area contributed by atoms with Crippen molar-refractivity contribution in [3.63, 3.8) is 0 Å². The number of carbonyl (C=O) groups is 1. The van der Waals surface area contributed by atoms with Gasteiger partial charge in [-0.3, -0.25) is 9.78 Å². The number of hydrogen-bond donors (Lipinski definition) is 1. The second-order valence-electron chi connectivity index (χ2n) is 5.38. The third-order valence-electron chi connectivity index (χ3n) is 3.58. The highest BCUT2D eigenvalue weighted by atomic mass is 32.1. The summed E-state index contributed by atoms with van der Waals surface area (Å²) in [5.74, 6) is 0.598. The van der Waals surface area contributed by atoms with E-state index in [4.69, 9.17) is 4.52 Å². The number of pyridine rings is 1. The van der Waals surface area contributed by atoms with E-state index in [0.717, 1.165) is 16.1 Å². The molecule has 9 heteroatoms. The average molecular weight is 383 g/mol. The van der Waals surface area contributed by atoms with Gasteiger partial charge in [0.15, 0.2) is 0 Å². The second kappa shape index (κ2) is 7.14. The molecule has 7 nitrogen and oxygen atoms in total. The number of amides is 1. The Labute approximate surface area is 156 Å². The van der Waals surface area contributed by atoms with Gasteiger partial charge in [-0.1, -0.05) is 5.16 Å². The zero-order chi connectivity index (χ0) is 17.9. The molecule has 26 heavy (non-hydrogen) atoms. The molecule has 0 radical (unpaired) electrons. The van der Waals surface area contributed by atoms with Gasteiger partial charge in [0.2, 0.25) is 11.7 Å². The normalized spacial score (nSPS) is 10.8. The molecule has 4 rings (SSSR count). The van der Waals surface area contributed by atoms with Crippen LogP contribution in [0.3, 0.4) is 0 Å². The van der Waals surface area contributed by atoms with Gasteiger partial charge >= 0.3 is 0 Å². The fourth-order valence-corrected chi connectivity index (χ4v) is 3.99. The van der Waals surface area contributed by atoms with Crippen molar-refractivity contribution in [1.82, 2.24) is 25.4 Å². The Kier molecular flexibility index (Phi) is 4.55. The number of thiophene rings is 1. The van der Waals surface area contributed by atoms with Crippen molar-refractivity contribution < 1.29 is 9.32 Å². The fraction of sp³-hybridized carbons (Fsp3) is 0.118. The number of nitrogens with zero attached hydrogens (tertiary/aromatic N) is 4. The maximum Gasteiger partial charge on any atom is 0.263 e. The minimum Gasteiger partial charge on any atom is -0.342 e.